The van der Waals surface area contributed by atoms with Gasteiger partial charge >= 0.3 is 0 Å². The van der Waals surface area contributed by atoms with Gasteiger partial charge in [-0.05, 0) is 44.0 Å². The highest BCUT2D eigenvalue weighted by Gasteiger charge is 2.48. The molecule has 1 aliphatic heterocycles. The van der Waals surface area contributed by atoms with Crippen molar-refractivity contribution in [1.29, 1.82) is 0 Å². The third kappa shape index (κ3) is 5.59. The van der Waals surface area contributed by atoms with Crippen LogP contribution >= 0.6 is 0 Å². The first-order valence-corrected chi connectivity index (χ1v) is 12.9. The lowest BCUT2D eigenvalue weighted by Crippen LogP contribution is -2.64. The molecular weight excluding hydrogens is 498 g/mol. The fraction of sp³-hybridized carbons (Fsp3) is 0.379. The monoisotopic (exact) mass is 533 g/mol. The Morgan fingerprint density at radius 3 is 2.46 bits per heavy atom. The molecule has 10 nitrogen and oxygen atoms in total. The van der Waals surface area contributed by atoms with Gasteiger partial charge in [-0.3, -0.25) is 14.4 Å². The summed E-state index contributed by atoms with van der Waals surface area (Å²) in [5.74, 6) is 0.0641. The van der Waals surface area contributed by atoms with E-state index >= 15 is 0 Å². The number of nitrogens with one attached hydrogen (secondary N) is 2. The maximum absolute atomic E-state index is 13.8. The second-order valence-electron chi connectivity index (χ2n) is 9.83. The number of aromatic nitrogens is 2. The molecule has 1 aromatic heterocycles. The third-order valence-electron chi connectivity index (χ3n) is 7.01. The summed E-state index contributed by atoms with van der Waals surface area (Å²) >= 11 is 0. The molecule has 10 heteroatoms. The molecule has 0 spiro atoms. The highest BCUT2D eigenvalue weighted by atomic mass is 16.5. The van der Waals surface area contributed by atoms with E-state index in [0.29, 0.717) is 31.0 Å². The molecule has 3 amide bonds. The molecule has 2 aromatic carbocycles. The van der Waals surface area contributed by atoms with E-state index in [-0.39, 0.29) is 30.4 Å². The Hall–Kier alpha value is -4.34. The number of imidazole rings is 1. The van der Waals surface area contributed by atoms with Gasteiger partial charge in [0.1, 0.15) is 22.7 Å². The van der Waals surface area contributed by atoms with Gasteiger partial charge in [-0.2, -0.15) is 0 Å². The number of benzene rings is 2. The Morgan fingerprint density at radius 1 is 1.05 bits per heavy atom. The molecular formula is C29H35N5O5. The first-order valence-electron chi connectivity index (χ1n) is 12.9. The number of hydrogen-bond donors (Lipinski definition) is 2. The number of rotatable bonds is 10. The number of ether oxygens (including phenoxy) is 2. The predicted molar refractivity (Wildman–Crippen MR) is 146 cm³/mol. The van der Waals surface area contributed by atoms with Crippen molar-refractivity contribution in [3.05, 3.63) is 76.9 Å². The Kier molecular flexibility index (Phi) is 8.23. The average molecular weight is 534 g/mol. The maximum atomic E-state index is 13.8. The van der Waals surface area contributed by atoms with Crippen molar-refractivity contribution in [3.8, 4) is 11.5 Å². The van der Waals surface area contributed by atoms with Gasteiger partial charge in [0, 0.05) is 25.2 Å². The van der Waals surface area contributed by atoms with Crippen LogP contribution in [0.4, 0.5) is 0 Å². The van der Waals surface area contributed by atoms with Crippen LogP contribution in [0.25, 0.3) is 0 Å². The van der Waals surface area contributed by atoms with Crippen molar-refractivity contribution < 1.29 is 23.9 Å². The van der Waals surface area contributed by atoms with Gasteiger partial charge in [0.25, 0.3) is 11.8 Å². The summed E-state index contributed by atoms with van der Waals surface area (Å²) in [4.78, 5) is 46.2. The van der Waals surface area contributed by atoms with Crippen LogP contribution in [0.2, 0.25) is 0 Å². The van der Waals surface area contributed by atoms with Gasteiger partial charge in [-0.1, -0.05) is 36.8 Å². The zero-order valence-electron chi connectivity index (χ0n) is 23.0. The maximum Gasteiger partial charge on any atom is 0.273 e. The minimum absolute atomic E-state index is 0.0186. The van der Waals surface area contributed by atoms with Gasteiger partial charge in [0.15, 0.2) is 5.69 Å². The Morgan fingerprint density at radius 2 is 1.79 bits per heavy atom. The molecule has 0 aliphatic carbocycles. The second-order valence-corrected chi connectivity index (χ2v) is 9.83. The summed E-state index contributed by atoms with van der Waals surface area (Å²) in [7, 11) is 3.11. The SMILES string of the molecule is CCCN1C(=O)c2c(C(=O)NCc3cc(OC)ccc3OC)ncn2C[C@@]1(C)C(=O)NCc1ccc(C)cc1. The normalized spacial score (nSPS) is 16.4. The molecule has 1 aliphatic rings. The lowest BCUT2D eigenvalue weighted by molar-refractivity contribution is -0.133. The molecule has 0 unspecified atom stereocenters. The lowest BCUT2D eigenvalue weighted by atomic mass is 9.93. The van der Waals surface area contributed by atoms with E-state index in [1.54, 1.807) is 48.8 Å². The van der Waals surface area contributed by atoms with Crippen molar-refractivity contribution >= 4 is 17.7 Å². The quantitative estimate of drug-likeness (QED) is 0.414. The molecule has 3 aromatic rings. The standard InChI is InChI=1S/C29H35N5O5/c1-6-13-34-27(36)25-24(26(35)30-16-21-14-22(38-4)11-12-23(21)39-5)32-18-33(25)17-29(34,3)28(37)31-15-20-9-7-19(2)8-10-20/h7-12,14,18H,6,13,15-17H2,1-5H3,(H,30,35)(H,31,37)/t29-/m0/s1. The van der Waals surface area contributed by atoms with Gasteiger partial charge in [-0.15, -0.1) is 0 Å². The van der Waals surface area contributed by atoms with E-state index in [4.69, 9.17) is 9.47 Å². The minimum Gasteiger partial charge on any atom is -0.497 e. The van der Waals surface area contributed by atoms with Crippen LogP contribution in [0, 0.1) is 6.92 Å². The van der Waals surface area contributed by atoms with E-state index in [0.717, 1.165) is 16.7 Å². The van der Waals surface area contributed by atoms with E-state index in [1.807, 2.05) is 38.1 Å². The molecule has 4 rings (SSSR count). The van der Waals surface area contributed by atoms with Crippen LogP contribution in [-0.2, 0) is 24.4 Å². The highest BCUT2D eigenvalue weighted by molar-refractivity contribution is 6.07. The molecule has 1 atom stereocenters. The van der Waals surface area contributed by atoms with Crippen molar-refractivity contribution in [2.75, 3.05) is 20.8 Å². The van der Waals surface area contributed by atoms with Crippen LogP contribution in [-0.4, -0.2) is 58.5 Å². The molecule has 2 heterocycles. The van der Waals surface area contributed by atoms with E-state index < -0.39 is 17.4 Å². The average Bonchev–Trinajstić information content (AvgIpc) is 3.37. The topological polar surface area (TPSA) is 115 Å². The van der Waals surface area contributed by atoms with Crippen molar-refractivity contribution in [2.45, 2.75) is 52.4 Å². The smallest absolute Gasteiger partial charge is 0.273 e. The fourth-order valence-corrected chi connectivity index (χ4v) is 4.79. The summed E-state index contributed by atoms with van der Waals surface area (Å²) in [6.07, 6.45) is 2.10. The van der Waals surface area contributed by atoms with Crippen LogP contribution in [0.15, 0.2) is 48.8 Å². The number of nitrogens with zero attached hydrogens (tertiary/aromatic N) is 3. The third-order valence-corrected chi connectivity index (χ3v) is 7.01. The van der Waals surface area contributed by atoms with Crippen LogP contribution in [0.5, 0.6) is 11.5 Å². The first kappa shape index (κ1) is 27.7. The van der Waals surface area contributed by atoms with Gasteiger partial charge in [0.05, 0.1) is 27.1 Å². The van der Waals surface area contributed by atoms with Crippen LogP contribution in [0.3, 0.4) is 0 Å². The minimum atomic E-state index is -1.15. The molecule has 2 N–H and O–H groups in total. The number of aryl methyl sites for hydroxylation is 1. The molecule has 0 saturated heterocycles. The van der Waals surface area contributed by atoms with Crippen molar-refractivity contribution in [1.82, 2.24) is 25.1 Å². The van der Waals surface area contributed by atoms with Crippen molar-refractivity contribution in [3.63, 3.8) is 0 Å². The molecule has 0 fully saturated rings. The number of methoxy groups -OCH3 is 2. The molecule has 0 bridgehead atoms. The predicted octanol–water partition coefficient (Wildman–Crippen LogP) is 3.08. The number of amides is 3. The lowest BCUT2D eigenvalue weighted by Gasteiger charge is -2.43. The zero-order valence-corrected chi connectivity index (χ0v) is 23.0. The summed E-state index contributed by atoms with van der Waals surface area (Å²) in [6, 6.07) is 13.2. The van der Waals surface area contributed by atoms with Gasteiger partial charge in [0.2, 0.25) is 5.91 Å². The van der Waals surface area contributed by atoms with Crippen molar-refractivity contribution in [2.24, 2.45) is 0 Å². The largest absolute Gasteiger partial charge is 0.497 e. The summed E-state index contributed by atoms with van der Waals surface area (Å²) in [5.41, 5.74) is 1.87. The van der Waals surface area contributed by atoms with Crippen LogP contribution in [0.1, 0.15) is 57.9 Å². The summed E-state index contributed by atoms with van der Waals surface area (Å²) in [6.45, 7) is 6.74. The fourth-order valence-electron chi connectivity index (χ4n) is 4.79. The van der Waals surface area contributed by atoms with Crippen LogP contribution < -0.4 is 20.1 Å². The number of fused-ring (bicyclic) bond motifs is 1. The number of carbonyl (C=O) groups excluding carboxylic acids is 3. The molecule has 0 radical (unpaired) electrons. The second kappa shape index (κ2) is 11.6. The Bertz CT molecular complexity index is 1370. The Balaban J connectivity index is 1.54. The molecule has 206 valence electrons. The summed E-state index contributed by atoms with van der Waals surface area (Å²) < 4.78 is 12.3. The van der Waals surface area contributed by atoms with E-state index in [1.165, 1.54) is 6.33 Å². The highest BCUT2D eigenvalue weighted by Crippen LogP contribution is 2.30. The molecule has 39 heavy (non-hydrogen) atoms. The molecule has 0 saturated carbocycles. The number of hydrogen-bond acceptors (Lipinski definition) is 6. The van der Waals surface area contributed by atoms with Gasteiger partial charge in [-0.25, -0.2) is 4.98 Å². The van der Waals surface area contributed by atoms with E-state index in [2.05, 4.69) is 15.6 Å². The van der Waals surface area contributed by atoms with Gasteiger partial charge < -0.3 is 29.6 Å². The van der Waals surface area contributed by atoms with E-state index in [9.17, 15) is 14.4 Å². The number of carbonyl (C=O) groups is 3. The summed E-state index contributed by atoms with van der Waals surface area (Å²) in [5, 5.41) is 5.82. The first-order chi connectivity index (χ1) is 18.7. The zero-order chi connectivity index (χ0) is 28.2. The Labute approximate surface area is 228 Å².